The fourth-order valence-electron chi connectivity index (χ4n) is 3.65. The average Bonchev–Trinajstić information content (AvgIpc) is 2.96. The van der Waals surface area contributed by atoms with E-state index in [0.717, 1.165) is 5.69 Å². The van der Waals surface area contributed by atoms with Gasteiger partial charge in [0.15, 0.2) is 0 Å². The number of aromatic amines is 1. The van der Waals surface area contributed by atoms with Crippen LogP contribution in [0, 0.1) is 18.7 Å². The van der Waals surface area contributed by atoms with Crippen molar-refractivity contribution in [3.8, 4) is 0 Å². The van der Waals surface area contributed by atoms with Crippen molar-refractivity contribution in [2.45, 2.75) is 31.9 Å². The van der Waals surface area contributed by atoms with Gasteiger partial charge in [0.2, 0.25) is 0 Å². The zero-order chi connectivity index (χ0) is 18.3. The Labute approximate surface area is 150 Å². The first-order chi connectivity index (χ1) is 12.5. The van der Waals surface area contributed by atoms with Crippen LogP contribution in [0.3, 0.4) is 0 Å². The first-order valence-electron chi connectivity index (χ1n) is 8.71. The van der Waals surface area contributed by atoms with E-state index in [-0.39, 0.29) is 29.8 Å². The van der Waals surface area contributed by atoms with Gasteiger partial charge >= 0.3 is 0 Å². The Kier molecular flexibility index (Phi) is 4.20. The number of aromatic nitrogens is 2. The number of nitrogens with zero attached hydrogens (tertiary/aromatic N) is 1. The number of halogens is 1. The molecule has 0 radical (unpaired) electrons. The number of amides is 1. The summed E-state index contributed by atoms with van der Waals surface area (Å²) in [4.78, 5) is 20.2. The number of fused-ring (bicyclic) bond motifs is 1. The quantitative estimate of drug-likeness (QED) is 0.674. The summed E-state index contributed by atoms with van der Waals surface area (Å²) >= 11 is 0. The summed E-state index contributed by atoms with van der Waals surface area (Å²) in [6.07, 6.45) is 2.61. The number of H-pyrrole nitrogens is 1. The van der Waals surface area contributed by atoms with Gasteiger partial charge in [-0.15, -0.1) is 0 Å². The van der Waals surface area contributed by atoms with E-state index in [0.29, 0.717) is 35.0 Å². The number of rotatable bonds is 4. The molecular formula is C20H20FN3O2. The molecule has 0 unspecified atom stereocenters. The van der Waals surface area contributed by atoms with Crippen LogP contribution < -0.4 is 5.32 Å². The number of hydrogen-bond donors (Lipinski definition) is 3. The lowest BCUT2D eigenvalue weighted by atomic mass is 9.76. The summed E-state index contributed by atoms with van der Waals surface area (Å²) in [6, 6.07) is 10.1. The molecule has 6 heteroatoms. The summed E-state index contributed by atoms with van der Waals surface area (Å²) in [5.74, 6) is -0.548. The zero-order valence-corrected chi connectivity index (χ0v) is 14.4. The minimum Gasteiger partial charge on any atom is -0.393 e. The Morgan fingerprint density at radius 2 is 2.12 bits per heavy atom. The highest BCUT2D eigenvalue weighted by Crippen LogP contribution is 2.37. The molecule has 1 aromatic carbocycles. The SMILES string of the molecule is Cc1c(C(=O)N[C@H](c2ccccn2)C2CC(O)C2)[nH]c2c(F)cccc12. The topological polar surface area (TPSA) is 78.0 Å². The second-order valence-corrected chi connectivity index (χ2v) is 6.88. The summed E-state index contributed by atoms with van der Waals surface area (Å²) in [7, 11) is 0. The molecule has 4 rings (SSSR count). The molecule has 134 valence electrons. The van der Waals surface area contributed by atoms with E-state index in [1.165, 1.54) is 6.07 Å². The van der Waals surface area contributed by atoms with Gasteiger partial charge < -0.3 is 15.4 Å². The minimum atomic E-state index is -0.381. The van der Waals surface area contributed by atoms with Crippen LogP contribution in [0.2, 0.25) is 0 Å². The molecule has 5 nitrogen and oxygen atoms in total. The molecule has 3 aromatic rings. The number of pyridine rings is 1. The summed E-state index contributed by atoms with van der Waals surface area (Å²) in [5.41, 5.74) is 2.16. The molecule has 2 heterocycles. The van der Waals surface area contributed by atoms with E-state index in [9.17, 15) is 14.3 Å². The predicted molar refractivity (Wildman–Crippen MR) is 96.2 cm³/mol. The van der Waals surface area contributed by atoms with E-state index in [2.05, 4.69) is 15.3 Å². The number of para-hydroxylation sites is 1. The van der Waals surface area contributed by atoms with Crippen molar-refractivity contribution >= 4 is 16.8 Å². The van der Waals surface area contributed by atoms with Crippen LogP contribution in [-0.2, 0) is 0 Å². The lowest BCUT2D eigenvalue weighted by Gasteiger charge is -2.37. The Bertz CT molecular complexity index is 948. The van der Waals surface area contributed by atoms with Crippen LogP contribution in [0.25, 0.3) is 10.9 Å². The maximum atomic E-state index is 14.0. The van der Waals surface area contributed by atoms with E-state index in [4.69, 9.17) is 0 Å². The molecule has 26 heavy (non-hydrogen) atoms. The number of carbonyl (C=O) groups is 1. The van der Waals surface area contributed by atoms with Gasteiger partial charge in [-0.1, -0.05) is 18.2 Å². The van der Waals surface area contributed by atoms with Gasteiger partial charge in [-0.3, -0.25) is 9.78 Å². The minimum absolute atomic E-state index is 0.130. The zero-order valence-electron chi connectivity index (χ0n) is 14.4. The smallest absolute Gasteiger partial charge is 0.268 e. The van der Waals surface area contributed by atoms with Crippen LogP contribution in [0.1, 0.15) is 40.6 Å². The number of aliphatic hydroxyl groups is 1. The molecule has 1 amide bonds. The number of aliphatic hydroxyl groups excluding tert-OH is 1. The second kappa shape index (κ2) is 6.53. The van der Waals surface area contributed by atoms with Crippen molar-refractivity contribution in [2.75, 3.05) is 0 Å². The van der Waals surface area contributed by atoms with Crippen molar-refractivity contribution in [1.82, 2.24) is 15.3 Å². The number of nitrogens with one attached hydrogen (secondary N) is 2. The molecule has 1 aliphatic carbocycles. The predicted octanol–water partition coefficient (Wildman–Crippen LogP) is 3.25. The van der Waals surface area contributed by atoms with Crippen molar-refractivity contribution in [3.05, 3.63) is 65.4 Å². The van der Waals surface area contributed by atoms with Crippen LogP contribution in [-0.4, -0.2) is 27.1 Å². The van der Waals surface area contributed by atoms with Crippen LogP contribution >= 0.6 is 0 Å². The molecule has 2 aromatic heterocycles. The molecular weight excluding hydrogens is 333 g/mol. The highest BCUT2D eigenvalue weighted by atomic mass is 19.1. The fraction of sp³-hybridized carbons (Fsp3) is 0.300. The van der Waals surface area contributed by atoms with E-state index in [1.54, 1.807) is 25.3 Å². The number of hydrogen-bond acceptors (Lipinski definition) is 3. The third-order valence-electron chi connectivity index (χ3n) is 5.18. The molecule has 0 saturated heterocycles. The van der Waals surface area contributed by atoms with E-state index < -0.39 is 0 Å². The highest BCUT2D eigenvalue weighted by molar-refractivity contribution is 6.01. The largest absolute Gasteiger partial charge is 0.393 e. The van der Waals surface area contributed by atoms with Crippen molar-refractivity contribution in [1.29, 1.82) is 0 Å². The van der Waals surface area contributed by atoms with Crippen LogP contribution in [0.4, 0.5) is 4.39 Å². The first-order valence-corrected chi connectivity index (χ1v) is 8.71. The fourth-order valence-corrected chi connectivity index (χ4v) is 3.65. The van der Waals surface area contributed by atoms with E-state index in [1.807, 2.05) is 18.2 Å². The molecule has 0 aliphatic heterocycles. The van der Waals surface area contributed by atoms with E-state index >= 15 is 0 Å². The second-order valence-electron chi connectivity index (χ2n) is 6.88. The standard InChI is InChI=1S/C20H20FN3O2/c1-11-14-5-4-6-15(21)19(14)23-17(11)20(26)24-18(12-9-13(25)10-12)16-7-2-3-8-22-16/h2-8,12-13,18,23,25H,9-10H2,1H3,(H,24,26)/t12?,13?,18-/m0/s1. The molecule has 1 atom stereocenters. The van der Waals surface area contributed by atoms with Gasteiger partial charge in [0.1, 0.15) is 11.5 Å². The Balaban J connectivity index is 1.65. The van der Waals surface area contributed by atoms with Gasteiger partial charge in [-0.2, -0.15) is 0 Å². The maximum Gasteiger partial charge on any atom is 0.268 e. The maximum absolute atomic E-state index is 14.0. The normalized spacial score (nSPS) is 20.6. The molecule has 1 fully saturated rings. The molecule has 0 spiro atoms. The van der Waals surface area contributed by atoms with Crippen LogP contribution in [0.5, 0.6) is 0 Å². The molecule has 0 bridgehead atoms. The molecule has 1 aliphatic rings. The van der Waals surface area contributed by atoms with Crippen molar-refractivity contribution in [3.63, 3.8) is 0 Å². The first kappa shape index (κ1) is 16.7. The number of benzene rings is 1. The van der Waals surface area contributed by atoms with Gasteiger partial charge in [0.05, 0.1) is 23.4 Å². The lowest BCUT2D eigenvalue weighted by Crippen LogP contribution is -2.42. The highest BCUT2D eigenvalue weighted by Gasteiger charge is 2.36. The van der Waals surface area contributed by atoms with Crippen molar-refractivity contribution in [2.24, 2.45) is 5.92 Å². The number of aryl methyl sites for hydroxylation is 1. The van der Waals surface area contributed by atoms with Gasteiger partial charge in [-0.25, -0.2) is 4.39 Å². The molecule has 3 N–H and O–H groups in total. The Morgan fingerprint density at radius 3 is 2.77 bits per heavy atom. The summed E-state index contributed by atoms with van der Waals surface area (Å²) in [6.45, 7) is 1.80. The third-order valence-corrected chi connectivity index (χ3v) is 5.18. The Morgan fingerprint density at radius 1 is 1.31 bits per heavy atom. The Hall–Kier alpha value is -2.73. The third kappa shape index (κ3) is 2.86. The van der Waals surface area contributed by atoms with Gasteiger partial charge in [0.25, 0.3) is 5.91 Å². The number of carbonyl (C=O) groups excluding carboxylic acids is 1. The van der Waals surface area contributed by atoms with Gasteiger partial charge in [0, 0.05) is 11.6 Å². The molecule has 1 saturated carbocycles. The monoisotopic (exact) mass is 353 g/mol. The summed E-state index contributed by atoms with van der Waals surface area (Å²) in [5, 5.41) is 13.4. The lowest BCUT2D eigenvalue weighted by molar-refractivity contribution is 0.0227. The van der Waals surface area contributed by atoms with Crippen molar-refractivity contribution < 1.29 is 14.3 Å². The summed E-state index contributed by atoms with van der Waals surface area (Å²) < 4.78 is 14.0. The van der Waals surface area contributed by atoms with Gasteiger partial charge in [-0.05, 0) is 49.4 Å². The van der Waals surface area contributed by atoms with Crippen LogP contribution in [0.15, 0.2) is 42.6 Å². The average molecular weight is 353 g/mol.